The second kappa shape index (κ2) is 5.38. The van der Waals surface area contributed by atoms with Crippen molar-refractivity contribution in [2.45, 2.75) is 25.9 Å². The molecule has 0 radical (unpaired) electrons. The number of rotatable bonds is 5. The Labute approximate surface area is 62.1 Å². The maximum absolute atomic E-state index is 7.44. The Morgan fingerprint density at radius 1 is 1.70 bits per heavy atom. The molecule has 1 atom stereocenters. The summed E-state index contributed by atoms with van der Waals surface area (Å²) in [6.07, 6.45) is 1.48. The van der Waals surface area contributed by atoms with Gasteiger partial charge in [0.1, 0.15) is 0 Å². The van der Waals surface area contributed by atoms with Gasteiger partial charge in [-0.25, -0.2) is 0 Å². The van der Waals surface area contributed by atoms with Crippen LogP contribution >= 0.6 is 0 Å². The average Bonchev–Trinajstić information content (AvgIpc) is 1.91. The molecule has 0 aliphatic carbocycles. The Morgan fingerprint density at radius 3 is 2.60 bits per heavy atom. The van der Waals surface area contributed by atoms with Gasteiger partial charge in [0.2, 0.25) is 0 Å². The molecule has 0 saturated carbocycles. The molecule has 1 unspecified atom stereocenters. The summed E-state index contributed by atoms with van der Waals surface area (Å²) in [4.78, 5) is 0. The molecule has 0 aliphatic heterocycles. The molecule has 0 saturated heterocycles. The third kappa shape index (κ3) is 2.94. The summed E-state index contributed by atoms with van der Waals surface area (Å²) >= 11 is 0. The molecule has 0 bridgehead atoms. The fourth-order valence-electron chi connectivity index (χ4n) is 0.872. The van der Waals surface area contributed by atoms with Crippen LogP contribution in [0.2, 0.25) is 0 Å². The summed E-state index contributed by atoms with van der Waals surface area (Å²) in [5.74, 6) is 0. The third-order valence-electron chi connectivity index (χ3n) is 1.46. The Balaban J connectivity index is 3.65. The van der Waals surface area contributed by atoms with Gasteiger partial charge in [0.25, 0.3) is 0 Å². The van der Waals surface area contributed by atoms with Crippen molar-refractivity contribution in [3.8, 4) is 0 Å². The molecular weight excluding hydrogens is 128 g/mol. The highest BCUT2D eigenvalue weighted by Crippen LogP contribution is 2.00. The van der Waals surface area contributed by atoms with E-state index in [1.807, 2.05) is 6.92 Å². The van der Waals surface area contributed by atoms with E-state index < -0.39 is 0 Å². The smallest absolute Gasteiger partial charge is 0.0942 e. The van der Waals surface area contributed by atoms with Gasteiger partial charge in [0.05, 0.1) is 6.10 Å². The van der Waals surface area contributed by atoms with Crippen LogP contribution in [0.25, 0.3) is 0 Å². The predicted octanol–water partition coefficient (Wildman–Crippen LogP) is 0.780. The predicted molar refractivity (Wildman–Crippen MR) is 42.5 cm³/mol. The van der Waals surface area contributed by atoms with Crippen LogP contribution in [0, 0.1) is 5.41 Å². The Bertz CT molecular complexity index is 99.8. The topological polar surface area (TPSA) is 59.1 Å². The van der Waals surface area contributed by atoms with Gasteiger partial charge in [-0.15, -0.1) is 0 Å². The molecule has 0 aromatic heterocycles. The fourth-order valence-corrected chi connectivity index (χ4v) is 0.872. The summed E-state index contributed by atoms with van der Waals surface area (Å²) in [6, 6.07) is 0. The van der Waals surface area contributed by atoms with E-state index in [2.05, 4.69) is 0 Å². The minimum atomic E-state index is -0.0245. The minimum Gasteiger partial charge on any atom is -0.376 e. The van der Waals surface area contributed by atoms with Gasteiger partial charge in [-0.3, -0.25) is 0 Å². The molecule has 0 amide bonds. The van der Waals surface area contributed by atoms with Crippen LogP contribution in [0.1, 0.15) is 19.8 Å². The molecule has 0 aromatic carbocycles. The zero-order valence-corrected chi connectivity index (χ0v) is 6.68. The lowest BCUT2D eigenvalue weighted by Gasteiger charge is -2.12. The summed E-state index contributed by atoms with van der Waals surface area (Å²) in [5.41, 5.74) is 5.88. The molecule has 60 valence electrons. The van der Waals surface area contributed by atoms with Crippen LogP contribution in [0.5, 0.6) is 0 Å². The SMILES string of the molecule is CCC(OC)C(=N)CCN. The first-order chi connectivity index (χ1) is 4.76. The molecule has 3 nitrogen and oxygen atoms in total. The van der Waals surface area contributed by atoms with Crippen LogP contribution in [0.3, 0.4) is 0 Å². The van der Waals surface area contributed by atoms with Gasteiger partial charge in [0.15, 0.2) is 0 Å². The molecule has 10 heavy (non-hydrogen) atoms. The van der Waals surface area contributed by atoms with Crippen molar-refractivity contribution in [2.75, 3.05) is 13.7 Å². The molecule has 0 aromatic rings. The highest BCUT2D eigenvalue weighted by atomic mass is 16.5. The van der Waals surface area contributed by atoms with Crippen molar-refractivity contribution >= 4 is 5.71 Å². The maximum Gasteiger partial charge on any atom is 0.0942 e. The molecule has 3 heteroatoms. The summed E-state index contributed by atoms with van der Waals surface area (Å²) < 4.78 is 5.03. The van der Waals surface area contributed by atoms with E-state index >= 15 is 0 Å². The first-order valence-electron chi connectivity index (χ1n) is 3.56. The van der Waals surface area contributed by atoms with Crippen LogP contribution in [0.4, 0.5) is 0 Å². The molecule has 0 heterocycles. The van der Waals surface area contributed by atoms with E-state index in [9.17, 15) is 0 Å². The van der Waals surface area contributed by atoms with E-state index in [1.165, 1.54) is 0 Å². The van der Waals surface area contributed by atoms with Crippen molar-refractivity contribution in [3.05, 3.63) is 0 Å². The number of hydrogen-bond acceptors (Lipinski definition) is 3. The van der Waals surface area contributed by atoms with Gasteiger partial charge < -0.3 is 15.9 Å². The summed E-state index contributed by atoms with van der Waals surface area (Å²) in [5, 5.41) is 7.44. The summed E-state index contributed by atoms with van der Waals surface area (Å²) in [7, 11) is 1.62. The van der Waals surface area contributed by atoms with Crippen molar-refractivity contribution in [3.63, 3.8) is 0 Å². The monoisotopic (exact) mass is 144 g/mol. The van der Waals surface area contributed by atoms with E-state index in [4.69, 9.17) is 15.9 Å². The molecular formula is C7H16N2O. The van der Waals surface area contributed by atoms with Crippen molar-refractivity contribution in [1.29, 1.82) is 5.41 Å². The molecule has 0 aliphatic rings. The molecule has 0 rings (SSSR count). The van der Waals surface area contributed by atoms with E-state index in [1.54, 1.807) is 7.11 Å². The maximum atomic E-state index is 7.44. The normalized spacial score (nSPS) is 13.1. The lowest BCUT2D eigenvalue weighted by atomic mass is 10.1. The second-order valence-electron chi connectivity index (χ2n) is 2.20. The zero-order chi connectivity index (χ0) is 7.98. The van der Waals surface area contributed by atoms with Crippen molar-refractivity contribution < 1.29 is 4.74 Å². The average molecular weight is 144 g/mol. The molecule has 0 fully saturated rings. The molecule has 0 spiro atoms. The fraction of sp³-hybridized carbons (Fsp3) is 0.857. The number of ether oxygens (including phenoxy) is 1. The van der Waals surface area contributed by atoms with E-state index in [-0.39, 0.29) is 6.10 Å². The standard InChI is InChI=1S/C7H16N2O/c1-3-7(10-2)6(9)4-5-8/h7,9H,3-5,8H2,1-2H3. The Morgan fingerprint density at radius 2 is 2.30 bits per heavy atom. The van der Waals surface area contributed by atoms with Crippen molar-refractivity contribution in [1.82, 2.24) is 0 Å². The number of nitrogens with one attached hydrogen (secondary N) is 1. The van der Waals surface area contributed by atoms with Gasteiger partial charge >= 0.3 is 0 Å². The largest absolute Gasteiger partial charge is 0.376 e. The van der Waals surface area contributed by atoms with E-state index in [0.29, 0.717) is 18.7 Å². The number of methoxy groups -OCH3 is 1. The van der Waals surface area contributed by atoms with Crippen LogP contribution in [0.15, 0.2) is 0 Å². The Hall–Kier alpha value is -0.410. The van der Waals surface area contributed by atoms with Crippen molar-refractivity contribution in [2.24, 2.45) is 5.73 Å². The highest BCUT2D eigenvalue weighted by Gasteiger charge is 2.08. The minimum absolute atomic E-state index is 0.0245. The van der Waals surface area contributed by atoms with Gasteiger partial charge in [-0.05, 0) is 19.4 Å². The zero-order valence-electron chi connectivity index (χ0n) is 6.68. The quantitative estimate of drug-likeness (QED) is 0.560. The second-order valence-corrected chi connectivity index (χ2v) is 2.20. The number of nitrogens with two attached hydrogens (primary N) is 1. The molecule has 3 N–H and O–H groups in total. The highest BCUT2D eigenvalue weighted by molar-refractivity contribution is 5.85. The van der Waals surface area contributed by atoms with Gasteiger partial charge in [-0.1, -0.05) is 6.92 Å². The van der Waals surface area contributed by atoms with Gasteiger partial charge in [-0.2, -0.15) is 0 Å². The van der Waals surface area contributed by atoms with Crippen LogP contribution < -0.4 is 5.73 Å². The van der Waals surface area contributed by atoms with E-state index in [0.717, 1.165) is 6.42 Å². The lowest BCUT2D eigenvalue weighted by Crippen LogP contribution is -2.23. The lowest BCUT2D eigenvalue weighted by molar-refractivity contribution is 0.150. The first-order valence-corrected chi connectivity index (χ1v) is 3.56. The Kier molecular flexibility index (Phi) is 5.16. The van der Waals surface area contributed by atoms with Crippen LogP contribution in [-0.2, 0) is 4.74 Å². The first kappa shape index (κ1) is 9.59. The van der Waals surface area contributed by atoms with Gasteiger partial charge in [0, 0.05) is 12.8 Å². The summed E-state index contributed by atoms with van der Waals surface area (Å²) in [6.45, 7) is 2.54. The third-order valence-corrected chi connectivity index (χ3v) is 1.46. The number of hydrogen-bond donors (Lipinski definition) is 2. The van der Waals surface area contributed by atoms with Crippen LogP contribution in [-0.4, -0.2) is 25.5 Å².